The highest BCUT2D eigenvalue weighted by molar-refractivity contribution is 5.68. The second-order valence-electron chi connectivity index (χ2n) is 4.28. The molecule has 21 heavy (non-hydrogen) atoms. The smallest absolute Gasteiger partial charge is 0.387 e. The summed E-state index contributed by atoms with van der Waals surface area (Å²) in [6.45, 7) is -2.58. The monoisotopic (exact) mass is 297 g/mol. The molecular formula is C14H14F3N3O. The lowest BCUT2D eigenvalue weighted by Gasteiger charge is -2.12. The Balaban J connectivity index is 2.02. The van der Waals surface area contributed by atoms with Gasteiger partial charge in [0.1, 0.15) is 0 Å². The van der Waals surface area contributed by atoms with Crippen molar-refractivity contribution >= 4 is 11.4 Å². The summed E-state index contributed by atoms with van der Waals surface area (Å²) in [6.07, 6.45) is 4.04. The molecular weight excluding hydrogens is 283 g/mol. The van der Waals surface area contributed by atoms with E-state index >= 15 is 0 Å². The molecule has 112 valence electrons. The number of hydrogen-bond acceptors (Lipinski definition) is 4. The summed E-state index contributed by atoms with van der Waals surface area (Å²) in [4.78, 5) is 3.90. The molecule has 0 aliphatic carbocycles. The fourth-order valence-corrected chi connectivity index (χ4v) is 1.80. The van der Waals surface area contributed by atoms with Crippen molar-refractivity contribution in [3.8, 4) is 5.75 Å². The van der Waals surface area contributed by atoms with Gasteiger partial charge in [-0.05, 0) is 24.1 Å². The van der Waals surface area contributed by atoms with Gasteiger partial charge in [-0.25, -0.2) is 4.39 Å². The average Bonchev–Trinajstić information content (AvgIpc) is 2.44. The molecule has 1 heterocycles. The number of nitrogens with zero attached hydrogens (tertiary/aromatic N) is 1. The van der Waals surface area contributed by atoms with Crippen molar-refractivity contribution in [2.45, 2.75) is 13.0 Å². The van der Waals surface area contributed by atoms with Gasteiger partial charge in [0.05, 0.1) is 11.4 Å². The summed E-state index contributed by atoms with van der Waals surface area (Å²) >= 11 is 0. The Morgan fingerprint density at radius 2 is 1.95 bits per heavy atom. The molecule has 0 bridgehead atoms. The van der Waals surface area contributed by atoms with Gasteiger partial charge in [-0.3, -0.25) is 4.98 Å². The first-order chi connectivity index (χ1) is 10.1. The van der Waals surface area contributed by atoms with Crippen molar-refractivity contribution < 1.29 is 17.9 Å². The molecule has 0 unspecified atom stereocenters. The Hall–Kier alpha value is -2.44. The number of nitrogens with one attached hydrogen (secondary N) is 1. The van der Waals surface area contributed by atoms with Gasteiger partial charge in [-0.1, -0.05) is 0 Å². The first-order valence-electron chi connectivity index (χ1n) is 6.23. The number of nitrogens with two attached hydrogens (primary N) is 1. The number of aromatic nitrogens is 1. The van der Waals surface area contributed by atoms with Crippen molar-refractivity contribution in [2.75, 3.05) is 17.6 Å². The fourth-order valence-electron chi connectivity index (χ4n) is 1.80. The average molecular weight is 297 g/mol. The van der Waals surface area contributed by atoms with Gasteiger partial charge in [-0.15, -0.1) is 0 Å². The molecule has 2 rings (SSSR count). The summed E-state index contributed by atoms with van der Waals surface area (Å²) in [7, 11) is 0. The maximum atomic E-state index is 13.4. The van der Waals surface area contributed by atoms with Crippen LogP contribution < -0.4 is 15.8 Å². The van der Waals surface area contributed by atoms with Crippen LogP contribution in [0.3, 0.4) is 0 Å². The Bertz CT molecular complexity index is 594. The molecule has 0 spiro atoms. The van der Waals surface area contributed by atoms with E-state index in [0.29, 0.717) is 18.7 Å². The summed E-state index contributed by atoms with van der Waals surface area (Å²) in [5.41, 5.74) is 7.18. The second kappa shape index (κ2) is 6.83. The number of rotatable bonds is 6. The highest BCUT2D eigenvalue weighted by Crippen LogP contribution is 2.29. The first kappa shape index (κ1) is 15.0. The highest BCUT2D eigenvalue weighted by Gasteiger charge is 2.13. The second-order valence-corrected chi connectivity index (χ2v) is 4.28. The fraction of sp³-hybridized carbons (Fsp3) is 0.214. The number of anilines is 2. The summed E-state index contributed by atoms with van der Waals surface area (Å²) in [6, 6.07) is 5.80. The Labute approximate surface area is 119 Å². The molecule has 4 nitrogen and oxygen atoms in total. The minimum absolute atomic E-state index is 0.129. The highest BCUT2D eigenvalue weighted by atomic mass is 19.3. The number of alkyl halides is 2. The third-order valence-electron chi connectivity index (χ3n) is 2.80. The predicted molar refractivity (Wildman–Crippen MR) is 73.9 cm³/mol. The standard InChI is InChI=1S/C14H14F3N3O/c15-10-7-11(18)12(8-13(10)21-14(16)17)20-6-3-9-1-4-19-5-2-9/h1-2,4-5,7-8,14,20H,3,6,18H2. The number of pyridine rings is 1. The lowest BCUT2D eigenvalue weighted by Crippen LogP contribution is -2.09. The van der Waals surface area contributed by atoms with E-state index in [4.69, 9.17) is 5.73 Å². The van der Waals surface area contributed by atoms with E-state index in [1.165, 1.54) is 0 Å². The molecule has 0 atom stereocenters. The van der Waals surface area contributed by atoms with E-state index in [2.05, 4.69) is 15.0 Å². The summed E-state index contributed by atoms with van der Waals surface area (Å²) in [5, 5.41) is 2.97. The van der Waals surface area contributed by atoms with Crippen LogP contribution in [0.5, 0.6) is 5.75 Å². The van der Waals surface area contributed by atoms with Crippen LogP contribution in [0.2, 0.25) is 0 Å². The zero-order valence-electron chi connectivity index (χ0n) is 11.0. The molecule has 2 aromatic rings. The Morgan fingerprint density at radius 1 is 1.24 bits per heavy atom. The van der Waals surface area contributed by atoms with Crippen LogP contribution in [0.1, 0.15) is 5.56 Å². The third-order valence-corrected chi connectivity index (χ3v) is 2.80. The molecule has 1 aromatic carbocycles. The maximum Gasteiger partial charge on any atom is 0.387 e. The molecule has 0 saturated heterocycles. The predicted octanol–water partition coefficient (Wildman–Crippen LogP) is 3.06. The third kappa shape index (κ3) is 4.27. The van der Waals surface area contributed by atoms with Gasteiger partial charge in [0.2, 0.25) is 0 Å². The largest absolute Gasteiger partial charge is 0.432 e. The van der Waals surface area contributed by atoms with Gasteiger partial charge in [-0.2, -0.15) is 8.78 Å². The van der Waals surface area contributed by atoms with Crippen LogP contribution in [-0.2, 0) is 6.42 Å². The Kier molecular flexibility index (Phi) is 4.86. The SMILES string of the molecule is Nc1cc(F)c(OC(F)F)cc1NCCc1ccncc1. The number of benzene rings is 1. The molecule has 0 amide bonds. The molecule has 1 aromatic heterocycles. The van der Waals surface area contributed by atoms with Gasteiger partial charge in [0.15, 0.2) is 11.6 Å². The van der Waals surface area contributed by atoms with Crippen LogP contribution in [0.4, 0.5) is 24.5 Å². The van der Waals surface area contributed by atoms with Gasteiger partial charge in [0, 0.05) is 31.1 Å². The summed E-state index contributed by atoms with van der Waals surface area (Å²) < 4.78 is 41.8. The number of halogens is 3. The van der Waals surface area contributed by atoms with Crippen LogP contribution >= 0.6 is 0 Å². The topological polar surface area (TPSA) is 60.2 Å². The van der Waals surface area contributed by atoms with Crippen LogP contribution in [0, 0.1) is 5.82 Å². The summed E-state index contributed by atoms with van der Waals surface area (Å²) in [5.74, 6) is -1.46. The van der Waals surface area contributed by atoms with Crippen molar-refractivity contribution in [2.24, 2.45) is 0 Å². The molecule has 0 saturated carbocycles. The van der Waals surface area contributed by atoms with Crippen LogP contribution in [0.25, 0.3) is 0 Å². The molecule has 0 aliphatic rings. The molecule has 0 radical (unpaired) electrons. The van der Waals surface area contributed by atoms with E-state index in [0.717, 1.165) is 17.7 Å². The van der Waals surface area contributed by atoms with Gasteiger partial charge < -0.3 is 15.8 Å². The number of ether oxygens (including phenoxy) is 1. The molecule has 7 heteroatoms. The van der Waals surface area contributed by atoms with Gasteiger partial charge >= 0.3 is 6.61 Å². The van der Waals surface area contributed by atoms with E-state index < -0.39 is 18.2 Å². The number of hydrogen-bond donors (Lipinski definition) is 2. The minimum atomic E-state index is -3.09. The lowest BCUT2D eigenvalue weighted by molar-refractivity contribution is -0.0521. The maximum absolute atomic E-state index is 13.4. The van der Waals surface area contributed by atoms with Crippen molar-refractivity contribution in [3.63, 3.8) is 0 Å². The molecule has 0 fully saturated rings. The number of nitrogen functional groups attached to an aromatic ring is 1. The van der Waals surface area contributed by atoms with E-state index in [1.54, 1.807) is 12.4 Å². The van der Waals surface area contributed by atoms with Gasteiger partial charge in [0.25, 0.3) is 0 Å². The molecule has 3 N–H and O–H groups in total. The van der Waals surface area contributed by atoms with Crippen LogP contribution in [0.15, 0.2) is 36.7 Å². The minimum Gasteiger partial charge on any atom is -0.432 e. The Morgan fingerprint density at radius 3 is 2.62 bits per heavy atom. The van der Waals surface area contributed by atoms with E-state index in [-0.39, 0.29) is 5.69 Å². The lowest BCUT2D eigenvalue weighted by atomic mass is 10.2. The first-order valence-corrected chi connectivity index (χ1v) is 6.23. The van der Waals surface area contributed by atoms with Crippen molar-refractivity contribution in [3.05, 3.63) is 48.0 Å². The zero-order valence-corrected chi connectivity index (χ0v) is 11.0. The van der Waals surface area contributed by atoms with E-state index in [1.807, 2.05) is 12.1 Å². The van der Waals surface area contributed by atoms with E-state index in [9.17, 15) is 13.2 Å². The quantitative estimate of drug-likeness (QED) is 0.805. The zero-order chi connectivity index (χ0) is 15.2. The van der Waals surface area contributed by atoms with Crippen molar-refractivity contribution in [1.29, 1.82) is 0 Å². The van der Waals surface area contributed by atoms with Crippen LogP contribution in [-0.4, -0.2) is 18.1 Å². The molecule has 0 aliphatic heterocycles. The van der Waals surface area contributed by atoms with Crippen molar-refractivity contribution in [1.82, 2.24) is 4.98 Å². The normalized spacial score (nSPS) is 10.7.